The second-order valence-corrected chi connectivity index (χ2v) is 12.7. The van der Waals surface area contributed by atoms with Crippen molar-refractivity contribution in [3.8, 4) is 17.6 Å². The van der Waals surface area contributed by atoms with Crippen LogP contribution in [0.1, 0.15) is 16.9 Å². The number of alkyl halides is 4. The highest BCUT2D eigenvalue weighted by Gasteiger charge is 2.32. The van der Waals surface area contributed by atoms with Gasteiger partial charge in [-0.1, -0.05) is 24.0 Å². The Morgan fingerprint density at radius 1 is 1.26 bits per heavy atom. The Labute approximate surface area is 229 Å². The highest BCUT2D eigenvalue weighted by molar-refractivity contribution is 7.91. The van der Waals surface area contributed by atoms with Gasteiger partial charge in [0.2, 0.25) is 0 Å². The van der Waals surface area contributed by atoms with Gasteiger partial charge in [-0.25, -0.2) is 13.4 Å². The van der Waals surface area contributed by atoms with Gasteiger partial charge in [0.05, 0.1) is 61.7 Å². The molecule has 1 fully saturated rings. The molecule has 0 aliphatic carbocycles. The number of fused-ring (bicyclic) bond motifs is 1. The van der Waals surface area contributed by atoms with Crippen molar-refractivity contribution >= 4 is 42.5 Å². The summed E-state index contributed by atoms with van der Waals surface area (Å²) in [5, 5.41) is 6.75. The molecule has 3 N–H and O–H groups in total. The number of hydrogen-bond acceptors (Lipinski definition) is 7. The Bertz CT molecular complexity index is 1510. The molecule has 39 heavy (non-hydrogen) atoms. The Kier molecular flexibility index (Phi) is 8.63. The maximum Gasteiger partial charge on any atom is 0.393 e. The zero-order chi connectivity index (χ0) is 28.4. The third-order valence-electron chi connectivity index (χ3n) is 6.47. The van der Waals surface area contributed by atoms with Crippen LogP contribution >= 0.6 is 11.3 Å². The maximum atomic E-state index is 14.7. The molecular weight excluding hydrogens is 552 g/mol. The molecule has 1 aliphatic heterocycles. The lowest BCUT2D eigenvalue weighted by Crippen LogP contribution is -2.46. The van der Waals surface area contributed by atoms with Crippen LogP contribution in [0, 0.1) is 16.6 Å². The molecular formula is C27H30F4N4O2S2. The number of anilines is 2. The van der Waals surface area contributed by atoms with E-state index < -0.39 is 34.5 Å². The van der Waals surface area contributed by atoms with E-state index in [4.69, 9.17) is 9.52 Å². The molecule has 210 valence electrons. The van der Waals surface area contributed by atoms with Crippen LogP contribution in [0.25, 0.3) is 10.1 Å². The average molecular weight is 583 g/mol. The van der Waals surface area contributed by atoms with Gasteiger partial charge in [-0.2, -0.15) is 13.2 Å². The van der Waals surface area contributed by atoms with Crippen LogP contribution in [0.2, 0.25) is 0 Å². The Balaban J connectivity index is 1.61. The fourth-order valence-corrected chi connectivity index (χ4v) is 6.33. The fraction of sp³-hybridized carbons (Fsp3) is 0.407. The fourth-order valence-electron chi connectivity index (χ4n) is 4.50. The van der Waals surface area contributed by atoms with Crippen LogP contribution in [-0.4, -0.2) is 67.5 Å². The number of ether oxygens (including phenoxy) is 1. The Morgan fingerprint density at radius 3 is 2.69 bits per heavy atom. The average Bonchev–Trinajstić information content (AvgIpc) is 3.19. The van der Waals surface area contributed by atoms with Crippen molar-refractivity contribution in [3.63, 3.8) is 0 Å². The number of piperidine rings is 1. The van der Waals surface area contributed by atoms with Crippen molar-refractivity contribution in [1.82, 2.24) is 4.90 Å². The molecule has 2 heterocycles. The summed E-state index contributed by atoms with van der Waals surface area (Å²) >= 11 is 1.17. The lowest BCUT2D eigenvalue weighted by Gasteiger charge is -2.33. The quantitative estimate of drug-likeness (QED) is 0.237. The zero-order valence-corrected chi connectivity index (χ0v) is 23.4. The van der Waals surface area contributed by atoms with E-state index in [0.29, 0.717) is 49.9 Å². The zero-order valence-electron chi connectivity index (χ0n) is 21.7. The predicted molar refractivity (Wildman–Crippen MR) is 149 cm³/mol. The van der Waals surface area contributed by atoms with Crippen molar-refractivity contribution in [3.05, 3.63) is 46.8 Å². The summed E-state index contributed by atoms with van der Waals surface area (Å²) in [4.78, 5) is 2.54. The third kappa shape index (κ3) is 7.15. The first kappa shape index (κ1) is 29.0. The van der Waals surface area contributed by atoms with Gasteiger partial charge in [-0.05, 0) is 48.7 Å². The SMILES string of the molecule is COc1cc(S(C)(=N)=O)ccc1NCC#Cc1sc2c(N[C@@H]3CCN(C)C[C@@H]3F)cccc2c1CC(F)(F)F. The molecule has 3 atom stereocenters. The molecule has 12 heteroatoms. The topological polar surface area (TPSA) is 77.4 Å². The highest BCUT2D eigenvalue weighted by atomic mass is 32.2. The second kappa shape index (κ2) is 11.6. The summed E-state index contributed by atoms with van der Waals surface area (Å²) in [5.74, 6) is 6.17. The first-order valence-corrected chi connectivity index (χ1v) is 15.0. The summed E-state index contributed by atoms with van der Waals surface area (Å²) < 4.78 is 80.9. The second-order valence-electron chi connectivity index (χ2n) is 9.56. The van der Waals surface area contributed by atoms with Crippen molar-refractivity contribution in [1.29, 1.82) is 4.78 Å². The number of likely N-dealkylation sites (tertiary alicyclic amines) is 1. The highest BCUT2D eigenvalue weighted by Crippen LogP contribution is 2.39. The summed E-state index contributed by atoms with van der Waals surface area (Å²) in [7, 11) is 0.385. The number of halogens is 4. The predicted octanol–water partition coefficient (Wildman–Crippen LogP) is 5.97. The minimum absolute atomic E-state index is 0.105. The van der Waals surface area contributed by atoms with Crippen molar-refractivity contribution in [2.24, 2.45) is 0 Å². The molecule has 0 amide bonds. The van der Waals surface area contributed by atoms with Crippen LogP contribution in [0.3, 0.4) is 0 Å². The molecule has 0 bridgehead atoms. The molecule has 3 aromatic rings. The lowest BCUT2D eigenvalue weighted by molar-refractivity contribution is -0.126. The van der Waals surface area contributed by atoms with Crippen LogP contribution < -0.4 is 15.4 Å². The molecule has 0 spiro atoms. The summed E-state index contributed by atoms with van der Waals surface area (Å²) in [5.41, 5.74) is 1.27. The molecule has 1 aliphatic rings. The third-order valence-corrected chi connectivity index (χ3v) is 8.82. The van der Waals surface area contributed by atoms with Gasteiger partial charge in [0, 0.05) is 19.3 Å². The van der Waals surface area contributed by atoms with Crippen LogP contribution in [-0.2, 0) is 16.1 Å². The van der Waals surface area contributed by atoms with Crippen molar-refractivity contribution < 1.29 is 26.5 Å². The normalized spacial score (nSPS) is 19.7. The minimum atomic E-state index is -4.42. The molecule has 1 unspecified atom stereocenters. The number of benzene rings is 2. The van der Waals surface area contributed by atoms with E-state index in [1.165, 1.54) is 30.8 Å². The van der Waals surface area contributed by atoms with E-state index in [1.54, 1.807) is 30.3 Å². The van der Waals surface area contributed by atoms with Gasteiger partial charge >= 0.3 is 6.18 Å². The number of nitrogens with zero attached hydrogens (tertiary/aromatic N) is 1. The van der Waals surface area contributed by atoms with Gasteiger partial charge in [0.25, 0.3) is 0 Å². The van der Waals surface area contributed by atoms with Gasteiger partial charge < -0.3 is 20.3 Å². The summed E-state index contributed by atoms with van der Waals surface area (Å²) in [6.07, 6.45) is -4.72. The number of thiophene rings is 1. The number of rotatable bonds is 7. The number of nitrogens with one attached hydrogen (secondary N) is 3. The molecule has 1 aromatic heterocycles. The Morgan fingerprint density at radius 2 is 2.03 bits per heavy atom. The van der Waals surface area contributed by atoms with Crippen LogP contribution in [0.15, 0.2) is 41.3 Å². The number of methoxy groups -OCH3 is 1. The van der Waals surface area contributed by atoms with Gasteiger partial charge in [-0.3, -0.25) is 0 Å². The summed E-state index contributed by atoms with van der Waals surface area (Å²) in [6, 6.07) is 9.37. The largest absolute Gasteiger partial charge is 0.495 e. The van der Waals surface area contributed by atoms with E-state index in [0.717, 1.165) is 6.54 Å². The van der Waals surface area contributed by atoms with Crippen molar-refractivity contribution in [2.75, 3.05) is 50.7 Å². The van der Waals surface area contributed by atoms with Crippen molar-refractivity contribution in [2.45, 2.75) is 36.1 Å². The molecule has 0 radical (unpaired) electrons. The molecule has 4 rings (SSSR count). The van der Waals surface area contributed by atoms with Crippen LogP contribution in [0.4, 0.5) is 28.9 Å². The minimum Gasteiger partial charge on any atom is -0.495 e. The first-order chi connectivity index (χ1) is 18.4. The van der Waals surface area contributed by atoms with Gasteiger partial charge in [0.1, 0.15) is 11.9 Å². The van der Waals surface area contributed by atoms with Gasteiger partial charge in [-0.15, -0.1) is 11.3 Å². The molecule has 0 saturated carbocycles. The lowest BCUT2D eigenvalue weighted by atomic mass is 10.0. The van der Waals surface area contributed by atoms with E-state index in [2.05, 4.69) is 22.5 Å². The monoisotopic (exact) mass is 582 g/mol. The van der Waals surface area contributed by atoms with E-state index >= 15 is 0 Å². The Hall–Kier alpha value is -3.01. The van der Waals surface area contributed by atoms with E-state index in [9.17, 15) is 21.8 Å². The van der Waals surface area contributed by atoms with E-state index in [-0.39, 0.29) is 12.1 Å². The summed E-state index contributed by atoms with van der Waals surface area (Å²) in [6.45, 7) is 1.15. The smallest absolute Gasteiger partial charge is 0.393 e. The number of hydrogen-bond donors (Lipinski definition) is 3. The molecule has 2 aromatic carbocycles. The van der Waals surface area contributed by atoms with Gasteiger partial charge in [0.15, 0.2) is 0 Å². The van der Waals surface area contributed by atoms with Crippen LogP contribution in [0.5, 0.6) is 5.75 Å². The first-order valence-electron chi connectivity index (χ1n) is 12.2. The molecule has 6 nitrogen and oxygen atoms in total. The molecule has 1 saturated heterocycles. The standard InChI is InChI=1S/C27H30F4N4O2S2/c1-35-13-11-21(20(28)16-35)34-23-7-4-6-18-19(15-27(29,30)31)25(38-26(18)23)8-5-12-33-22-10-9-17(39(3,32)36)14-24(22)37-2/h4,6-7,9-10,14,20-21,32-34H,11-13,15-16H2,1-3H3/t20-,21+,39?/m0/s1. The maximum absolute atomic E-state index is 14.7. The van der Waals surface area contributed by atoms with E-state index in [1.807, 2.05) is 11.9 Å².